The highest BCUT2D eigenvalue weighted by Gasteiger charge is 2.37. The summed E-state index contributed by atoms with van der Waals surface area (Å²) in [6.07, 6.45) is -0.492. The van der Waals surface area contributed by atoms with Gasteiger partial charge in [-0.3, -0.25) is 9.59 Å². The van der Waals surface area contributed by atoms with Crippen molar-refractivity contribution in [1.29, 1.82) is 0 Å². The molecular formula is C24H29N3O9S. The van der Waals surface area contributed by atoms with Crippen molar-refractivity contribution in [2.45, 2.75) is 17.5 Å². The van der Waals surface area contributed by atoms with Gasteiger partial charge in [-0.2, -0.15) is 4.31 Å². The molecule has 0 unspecified atom stereocenters. The Morgan fingerprint density at radius 2 is 1.68 bits per heavy atom. The van der Waals surface area contributed by atoms with E-state index in [2.05, 4.69) is 10.6 Å². The van der Waals surface area contributed by atoms with Gasteiger partial charge in [0, 0.05) is 19.2 Å². The highest BCUT2D eigenvalue weighted by molar-refractivity contribution is 7.89. The average Bonchev–Trinajstić information content (AvgIpc) is 3.41. The number of ether oxygens (including phenoxy) is 5. The predicted molar refractivity (Wildman–Crippen MR) is 130 cm³/mol. The summed E-state index contributed by atoms with van der Waals surface area (Å²) in [6.45, 7) is 1.01. The van der Waals surface area contributed by atoms with Gasteiger partial charge in [0.1, 0.15) is 19.4 Å². The van der Waals surface area contributed by atoms with Crippen LogP contribution in [-0.2, 0) is 30.8 Å². The van der Waals surface area contributed by atoms with Crippen LogP contribution in [0, 0.1) is 0 Å². The average molecular weight is 536 g/mol. The molecule has 2 amide bonds. The topological polar surface area (TPSA) is 142 Å². The molecule has 1 atom stereocenters. The van der Waals surface area contributed by atoms with E-state index < -0.39 is 28.1 Å². The van der Waals surface area contributed by atoms with Crippen molar-refractivity contribution in [3.05, 3.63) is 42.0 Å². The first-order chi connectivity index (χ1) is 17.8. The summed E-state index contributed by atoms with van der Waals surface area (Å²) in [5.41, 5.74) is 0.887. The lowest BCUT2D eigenvalue weighted by Crippen LogP contribution is -2.47. The predicted octanol–water partition coefficient (Wildman–Crippen LogP) is 0.297. The molecule has 0 radical (unpaired) electrons. The Hall–Kier alpha value is -3.55. The van der Waals surface area contributed by atoms with Crippen LogP contribution in [0.25, 0.3) is 0 Å². The lowest BCUT2D eigenvalue weighted by atomic mass is 10.1. The van der Waals surface area contributed by atoms with Gasteiger partial charge in [-0.25, -0.2) is 8.42 Å². The summed E-state index contributed by atoms with van der Waals surface area (Å²) in [5, 5.41) is 4.99. The van der Waals surface area contributed by atoms with E-state index in [1.165, 1.54) is 19.2 Å². The zero-order valence-electron chi connectivity index (χ0n) is 20.5. The van der Waals surface area contributed by atoms with E-state index in [1.807, 2.05) is 6.07 Å². The molecule has 12 nitrogen and oxygen atoms in total. The molecule has 2 aliphatic heterocycles. The third kappa shape index (κ3) is 6.06. The number of benzene rings is 2. The smallest absolute Gasteiger partial charge is 0.309 e. The number of nitrogens with one attached hydrogen (secondary N) is 2. The number of amides is 2. The molecule has 2 N–H and O–H groups in total. The monoisotopic (exact) mass is 535 g/mol. The van der Waals surface area contributed by atoms with Gasteiger partial charge in [0.25, 0.3) is 0 Å². The van der Waals surface area contributed by atoms with Gasteiger partial charge in [-0.15, -0.1) is 0 Å². The standard InChI is InChI=1S/C24H29N3O9S/c1-32-18-5-3-16(13-20(18)33-2)7-8-25-23(28)24(29)26-15-22-27(9-10-36-22)37(30,31)17-4-6-19-21(14-17)35-12-11-34-19/h3-6,13-14,22H,7-12,15H2,1-2H3,(H,25,28)(H,26,29)/t22-/m0/s1. The fraction of sp³-hybridized carbons (Fsp3) is 0.417. The van der Waals surface area contributed by atoms with E-state index in [0.717, 1.165) is 9.87 Å². The second-order valence-corrected chi connectivity index (χ2v) is 10.0. The maximum absolute atomic E-state index is 13.2. The van der Waals surface area contributed by atoms with Crippen LogP contribution >= 0.6 is 0 Å². The van der Waals surface area contributed by atoms with E-state index in [9.17, 15) is 18.0 Å². The Labute approximate surface area is 214 Å². The Morgan fingerprint density at radius 1 is 0.946 bits per heavy atom. The van der Waals surface area contributed by atoms with Crippen LogP contribution in [0.15, 0.2) is 41.3 Å². The lowest BCUT2D eigenvalue weighted by Gasteiger charge is -2.24. The minimum atomic E-state index is -3.94. The molecular weight excluding hydrogens is 506 g/mol. The van der Waals surface area contributed by atoms with Crippen LogP contribution in [0.4, 0.5) is 0 Å². The van der Waals surface area contributed by atoms with Crippen molar-refractivity contribution in [3.8, 4) is 23.0 Å². The largest absolute Gasteiger partial charge is 0.493 e. The number of sulfonamides is 1. The quantitative estimate of drug-likeness (QED) is 0.434. The van der Waals surface area contributed by atoms with E-state index in [-0.39, 0.29) is 31.1 Å². The Morgan fingerprint density at radius 3 is 2.43 bits per heavy atom. The first-order valence-corrected chi connectivity index (χ1v) is 13.1. The minimum absolute atomic E-state index is 0.0199. The van der Waals surface area contributed by atoms with Gasteiger partial charge in [0.15, 0.2) is 23.0 Å². The molecule has 1 fully saturated rings. The van der Waals surface area contributed by atoms with Crippen LogP contribution in [0.5, 0.6) is 23.0 Å². The molecule has 0 bridgehead atoms. The van der Waals surface area contributed by atoms with Crippen LogP contribution in [0.1, 0.15) is 5.56 Å². The molecule has 0 aliphatic carbocycles. The van der Waals surface area contributed by atoms with Gasteiger partial charge >= 0.3 is 11.8 Å². The summed E-state index contributed by atoms with van der Waals surface area (Å²) in [7, 11) is -0.870. The summed E-state index contributed by atoms with van der Waals surface area (Å²) < 4.78 is 54.5. The number of methoxy groups -OCH3 is 2. The zero-order valence-corrected chi connectivity index (χ0v) is 21.3. The summed E-state index contributed by atoms with van der Waals surface area (Å²) >= 11 is 0. The number of carbonyl (C=O) groups excluding carboxylic acids is 2. The Bertz CT molecular complexity index is 1250. The second-order valence-electron chi connectivity index (χ2n) is 8.15. The molecule has 37 heavy (non-hydrogen) atoms. The zero-order chi connectivity index (χ0) is 26.4. The van der Waals surface area contributed by atoms with Crippen LogP contribution in [0.3, 0.4) is 0 Å². The molecule has 0 aromatic heterocycles. The summed E-state index contributed by atoms with van der Waals surface area (Å²) in [5.74, 6) is 0.260. The van der Waals surface area contributed by atoms with Crippen LogP contribution in [-0.4, -0.2) is 84.4 Å². The number of hydrogen-bond donors (Lipinski definition) is 2. The maximum Gasteiger partial charge on any atom is 0.309 e. The summed E-state index contributed by atoms with van der Waals surface area (Å²) in [4.78, 5) is 24.6. The number of fused-ring (bicyclic) bond motifs is 1. The van der Waals surface area contributed by atoms with E-state index >= 15 is 0 Å². The normalized spacial score (nSPS) is 17.2. The van der Waals surface area contributed by atoms with Crippen molar-refractivity contribution < 1.29 is 41.7 Å². The first kappa shape index (κ1) is 26.5. The highest BCUT2D eigenvalue weighted by atomic mass is 32.2. The number of rotatable bonds is 9. The maximum atomic E-state index is 13.2. The van der Waals surface area contributed by atoms with Gasteiger partial charge in [0.2, 0.25) is 10.0 Å². The van der Waals surface area contributed by atoms with Gasteiger partial charge in [0.05, 0.1) is 32.3 Å². The Balaban J connectivity index is 1.29. The van der Waals surface area contributed by atoms with Crippen LogP contribution < -0.4 is 29.6 Å². The molecule has 1 saturated heterocycles. The second kappa shape index (κ2) is 11.7. The molecule has 0 spiro atoms. The lowest BCUT2D eigenvalue weighted by molar-refractivity contribution is -0.139. The van der Waals surface area contributed by atoms with Gasteiger partial charge in [-0.1, -0.05) is 6.07 Å². The van der Waals surface area contributed by atoms with Crippen LogP contribution in [0.2, 0.25) is 0 Å². The van der Waals surface area contributed by atoms with E-state index in [1.54, 1.807) is 25.3 Å². The molecule has 2 heterocycles. The van der Waals surface area contributed by atoms with Crippen molar-refractivity contribution in [1.82, 2.24) is 14.9 Å². The van der Waals surface area contributed by atoms with Gasteiger partial charge < -0.3 is 34.3 Å². The Kier molecular flexibility index (Phi) is 8.36. The van der Waals surface area contributed by atoms with Gasteiger partial charge in [-0.05, 0) is 36.2 Å². The third-order valence-electron chi connectivity index (χ3n) is 5.85. The molecule has 2 aliphatic rings. The molecule has 4 rings (SSSR count). The highest BCUT2D eigenvalue weighted by Crippen LogP contribution is 2.34. The number of carbonyl (C=O) groups is 2. The number of hydrogen-bond acceptors (Lipinski definition) is 9. The summed E-state index contributed by atoms with van der Waals surface area (Å²) in [6, 6.07) is 9.77. The third-order valence-corrected chi connectivity index (χ3v) is 7.74. The first-order valence-electron chi connectivity index (χ1n) is 11.6. The van der Waals surface area contributed by atoms with E-state index in [4.69, 9.17) is 23.7 Å². The fourth-order valence-electron chi connectivity index (χ4n) is 3.96. The van der Waals surface area contributed by atoms with Crippen molar-refractivity contribution >= 4 is 21.8 Å². The fourth-order valence-corrected chi connectivity index (χ4v) is 5.48. The molecule has 2 aromatic carbocycles. The molecule has 0 saturated carbocycles. The SMILES string of the molecule is COc1ccc(CCNC(=O)C(=O)NC[C@@H]2OCCN2S(=O)(=O)c2ccc3c(c2)OCCO3)cc1OC. The van der Waals surface area contributed by atoms with Crippen molar-refractivity contribution in [2.75, 3.05) is 53.7 Å². The van der Waals surface area contributed by atoms with Crippen molar-refractivity contribution in [3.63, 3.8) is 0 Å². The molecule has 200 valence electrons. The minimum Gasteiger partial charge on any atom is -0.493 e. The number of nitrogens with zero attached hydrogens (tertiary/aromatic N) is 1. The van der Waals surface area contributed by atoms with Crippen molar-refractivity contribution in [2.24, 2.45) is 0 Å². The van der Waals surface area contributed by atoms with E-state index in [0.29, 0.717) is 42.6 Å². The molecule has 2 aromatic rings. The molecule has 13 heteroatoms.